The maximum absolute atomic E-state index is 12.7. The Balaban J connectivity index is 1.62. The number of benzene rings is 1. The van der Waals surface area contributed by atoms with E-state index in [9.17, 15) is 18.0 Å². The van der Waals surface area contributed by atoms with Crippen LogP contribution in [-0.4, -0.2) is 44.4 Å². The summed E-state index contributed by atoms with van der Waals surface area (Å²) >= 11 is 1.56. The third-order valence-corrected chi connectivity index (χ3v) is 6.91. The number of aryl methyl sites for hydroxylation is 1. The van der Waals surface area contributed by atoms with Gasteiger partial charge in [0.05, 0.1) is 17.5 Å². The van der Waals surface area contributed by atoms with E-state index in [-0.39, 0.29) is 17.9 Å². The second-order valence-electron chi connectivity index (χ2n) is 6.45. The van der Waals surface area contributed by atoms with E-state index in [0.29, 0.717) is 18.5 Å². The summed E-state index contributed by atoms with van der Waals surface area (Å²) in [4.78, 5) is 26.1. The summed E-state index contributed by atoms with van der Waals surface area (Å²) in [5.41, 5.74) is 1.67. The van der Waals surface area contributed by atoms with Crippen molar-refractivity contribution in [1.82, 2.24) is 0 Å². The molecule has 0 spiro atoms. The molecular formula is C19H21NO5S2. The van der Waals surface area contributed by atoms with Gasteiger partial charge in [0.1, 0.15) is 0 Å². The summed E-state index contributed by atoms with van der Waals surface area (Å²) < 4.78 is 28.8. The van der Waals surface area contributed by atoms with Gasteiger partial charge in [-0.15, -0.1) is 0 Å². The average molecular weight is 408 g/mol. The molecule has 1 aliphatic rings. The van der Waals surface area contributed by atoms with Gasteiger partial charge in [0, 0.05) is 12.1 Å². The van der Waals surface area contributed by atoms with E-state index in [4.69, 9.17) is 4.74 Å². The van der Waals surface area contributed by atoms with E-state index in [2.05, 4.69) is 0 Å². The van der Waals surface area contributed by atoms with Gasteiger partial charge in [0.15, 0.2) is 16.4 Å². The number of sulfone groups is 1. The number of hydrogen-bond donors (Lipinski definition) is 0. The summed E-state index contributed by atoms with van der Waals surface area (Å²) in [6.45, 7) is -0.395. The molecule has 1 aliphatic heterocycles. The number of ether oxygens (including phenoxy) is 1. The molecule has 6 nitrogen and oxygen atoms in total. The molecule has 8 heteroatoms. The maximum Gasteiger partial charge on any atom is 0.306 e. The summed E-state index contributed by atoms with van der Waals surface area (Å²) in [5, 5.41) is 3.91. The highest BCUT2D eigenvalue weighted by molar-refractivity contribution is 7.91. The first-order valence-corrected chi connectivity index (χ1v) is 11.5. The Labute approximate surface area is 162 Å². The third kappa shape index (κ3) is 5.40. The zero-order valence-electron chi connectivity index (χ0n) is 14.7. The molecule has 1 saturated heterocycles. The minimum atomic E-state index is -3.15. The third-order valence-electron chi connectivity index (χ3n) is 4.43. The summed E-state index contributed by atoms with van der Waals surface area (Å²) in [6.07, 6.45) is 1.15. The standard InChI is InChI=1S/C19H21NO5S2/c21-18(12-25-19(22)7-6-15-8-10-26-13-15)20(16-4-2-1-3-5-16)17-9-11-27(23,24)14-17/h1-5,8,10,13,17H,6-7,9,11-12,14H2/t17-/m0/s1. The van der Waals surface area contributed by atoms with E-state index >= 15 is 0 Å². The van der Waals surface area contributed by atoms with Crippen molar-refractivity contribution in [2.45, 2.75) is 25.3 Å². The molecule has 0 saturated carbocycles. The molecule has 27 heavy (non-hydrogen) atoms. The fraction of sp³-hybridized carbons (Fsp3) is 0.368. The molecule has 1 aromatic heterocycles. The molecule has 1 atom stereocenters. The SMILES string of the molecule is O=C(CCc1ccsc1)OCC(=O)N(c1ccccc1)[C@H]1CCS(=O)(=O)C1. The molecular weight excluding hydrogens is 386 g/mol. The van der Waals surface area contributed by atoms with E-state index in [1.54, 1.807) is 35.6 Å². The minimum absolute atomic E-state index is 0.0642. The smallest absolute Gasteiger partial charge is 0.306 e. The Kier molecular flexibility index (Phi) is 6.28. The average Bonchev–Trinajstić information content (AvgIpc) is 3.29. The molecule has 144 valence electrons. The Morgan fingerprint density at radius 1 is 1.19 bits per heavy atom. The van der Waals surface area contributed by atoms with Crippen LogP contribution in [0.25, 0.3) is 0 Å². The van der Waals surface area contributed by atoms with Gasteiger partial charge in [-0.1, -0.05) is 18.2 Å². The summed E-state index contributed by atoms with van der Waals surface area (Å²) in [6, 6.07) is 10.4. The van der Waals surface area contributed by atoms with Crippen LogP contribution in [0.3, 0.4) is 0 Å². The van der Waals surface area contributed by atoms with E-state index < -0.39 is 34.4 Å². The lowest BCUT2D eigenvalue weighted by Crippen LogP contribution is -2.43. The number of para-hydroxylation sites is 1. The number of carbonyl (C=O) groups is 2. The van der Waals surface area contributed by atoms with Crippen LogP contribution in [0.15, 0.2) is 47.2 Å². The van der Waals surface area contributed by atoms with Gasteiger partial charge in [0.25, 0.3) is 5.91 Å². The Morgan fingerprint density at radius 2 is 1.96 bits per heavy atom. The van der Waals surface area contributed by atoms with Crippen LogP contribution in [0, 0.1) is 0 Å². The topological polar surface area (TPSA) is 80.8 Å². The van der Waals surface area contributed by atoms with E-state index in [1.807, 2.05) is 22.9 Å². The van der Waals surface area contributed by atoms with Crippen molar-refractivity contribution in [3.63, 3.8) is 0 Å². The minimum Gasteiger partial charge on any atom is -0.456 e. The highest BCUT2D eigenvalue weighted by Crippen LogP contribution is 2.24. The Hall–Kier alpha value is -2.19. The van der Waals surface area contributed by atoms with Crippen molar-refractivity contribution in [2.75, 3.05) is 23.0 Å². The maximum atomic E-state index is 12.7. The monoisotopic (exact) mass is 407 g/mol. The van der Waals surface area contributed by atoms with Crippen molar-refractivity contribution in [2.24, 2.45) is 0 Å². The second kappa shape index (κ2) is 8.67. The first kappa shape index (κ1) is 19.6. The van der Waals surface area contributed by atoms with Gasteiger partial charge in [-0.05, 0) is 47.4 Å². The van der Waals surface area contributed by atoms with Crippen molar-refractivity contribution in [3.8, 4) is 0 Å². The first-order valence-electron chi connectivity index (χ1n) is 8.69. The van der Waals surface area contributed by atoms with Gasteiger partial charge < -0.3 is 9.64 Å². The van der Waals surface area contributed by atoms with Crippen molar-refractivity contribution < 1.29 is 22.7 Å². The van der Waals surface area contributed by atoms with Gasteiger partial charge in [-0.2, -0.15) is 11.3 Å². The van der Waals surface area contributed by atoms with Crippen LogP contribution in [0.5, 0.6) is 0 Å². The molecule has 0 aliphatic carbocycles. The van der Waals surface area contributed by atoms with E-state index in [0.717, 1.165) is 5.56 Å². The molecule has 0 N–H and O–H groups in total. The van der Waals surface area contributed by atoms with Gasteiger partial charge in [0.2, 0.25) is 0 Å². The summed E-state index contributed by atoms with van der Waals surface area (Å²) in [5.74, 6) is -0.858. The van der Waals surface area contributed by atoms with Crippen molar-refractivity contribution in [1.29, 1.82) is 0 Å². The predicted octanol–water partition coefficient (Wildman–Crippen LogP) is 2.44. The molecule has 0 bridgehead atoms. The molecule has 0 unspecified atom stereocenters. The quantitative estimate of drug-likeness (QED) is 0.659. The first-order chi connectivity index (χ1) is 12.9. The molecule has 3 rings (SSSR count). The number of hydrogen-bond acceptors (Lipinski definition) is 6. The van der Waals surface area contributed by atoms with Crippen LogP contribution in [0.4, 0.5) is 5.69 Å². The van der Waals surface area contributed by atoms with Crippen LogP contribution in [0.2, 0.25) is 0 Å². The van der Waals surface area contributed by atoms with Gasteiger partial charge in [-0.3, -0.25) is 9.59 Å². The number of anilines is 1. The van der Waals surface area contributed by atoms with Crippen LogP contribution < -0.4 is 4.90 Å². The highest BCUT2D eigenvalue weighted by atomic mass is 32.2. The number of amides is 1. The number of rotatable bonds is 7. The fourth-order valence-corrected chi connectivity index (χ4v) is 5.49. The molecule has 1 aromatic carbocycles. The number of esters is 1. The zero-order valence-corrected chi connectivity index (χ0v) is 16.4. The lowest BCUT2D eigenvalue weighted by molar-refractivity contribution is -0.147. The highest BCUT2D eigenvalue weighted by Gasteiger charge is 2.35. The lowest BCUT2D eigenvalue weighted by Gasteiger charge is -2.28. The molecule has 0 radical (unpaired) electrons. The predicted molar refractivity (Wildman–Crippen MR) is 105 cm³/mol. The molecule has 1 fully saturated rings. The van der Waals surface area contributed by atoms with Crippen LogP contribution in [0.1, 0.15) is 18.4 Å². The summed E-state index contributed by atoms with van der Waals surface area (Å²) in [7, 11) is -3.15. The molecule has 2 heterocycles. The Bertz CT molecular complexity index is 878. The van der Waals surface area contributed by atoms with Crippen molar-refractivity contribution >= 4 is 38.7 Å². The van der Waals surface area contributed by atoms with E-state index in [1.165, 1.54) is 4.90 Å². The zero-order chi connectivity index (χ0) is 19.3. The molecule has 1 amide bonds. The largest absolute Gasteiger partial charge is 0.456 e. The van der Waals surface area contributed by atoms with Gasteiger partial charge >= 0.3 is 5.97 Å². The van der Waals surface area contributed by atoms with Crippen LogP contribution >= 0.6 is 11.3 Å². The number of carbonyl (C=O) groups excluding carboxylic acids is 2. The normalized spacial score (nSPS) is 18.1. The molecule has 2 aromatic rings. The number of nitrogens with zero attached hydrogens (tertiary/aromatic N) is 1. The second-order valence-corrected chi connectivity index (χ2v) is 9.46. The Morgan fingerprint density at radius 3 is 2.59 bits per heavy atom. The lowest BCUT2D eigenvalue weighted by atomic mass is 10.2. The van der Waals surface area contributed by atoms with Crippen molar-refractivity contribution in [3.05, 3.63) is 52.7 Å². The van der Waals surface area contributed by atoms with Gasteiger partial charge in [-0.25, -0.2) is 8.42 Å². The fourth-order valence-electron chi connectivity index (χ4n) is 3.09. The van der Waals surface area contributed by atoms with Crippen LogP contribution in [-0.2, 0) is 30.6 Å². The number of thiophene rings is 1.